The van der Waals surface area contributed by atoms with Crippen molar-refractivity contribution in [1.29, 1.82) is 0 Å². The molecular formula is C9H15N. The predicted molar refractivity (Wildman–Crippen MR) is 47.4 cm³/mol. The van der Waals surface area contributed by atoms with Crippen LogP contribution in [0.3, 0.4) is 0 Å². The van der Waals surface area contributed by atoms with Crippen LogP contribution in [0.4, 0.5) is 0 Å². The molecule has 1 nitrogen and oxygen atoms in total. The minimum Gasteiger partial charge on any atom is -0.262 e. The van der Waals surface area contributed by atoms with Crippen LogP contribution in [-0.2, 0) is 0 Å². The quantitative estimate of drug-likeness (QED) is 0.419. The zero-order valence-corrected chi connectivity index (χ0v) is 6.96. The van der Waals surface area contributed by atoms with E-state index in [0.29, 0.717) is 0 Å². The molecule has 10 heavy (non-hydrogen) atoms. The monoisotopic (exact) mass is 137 g/mol. The third-order valence-electron chi connectivity index (χ3n) is 1.06. The zero-order chi connectivity index (χ0) is 7.82. The van der Waals surface area contributed by atoms with Crippen LogP contribution >= 0.6 is 0 Å². The fourth-order valence-electron chi connectivity index (χ4n) is 0.581. The number of hydrogen-bond acceptors (Lipinski definition) is 1. The first-order valence-corrected chi connectivity index (χ1v) is 3.66. The van der Waals surface area contributed by atoms with Crippen molar-refractivity contribution in [2.45, 2.75) is 27.2 Å². The number of aliphatic imine (C=N–C) groups is 1. The van der Waals surface area contributed by atoms with Gasteiger partial charge in [0.1, 0.15) is 0 Å². The highest BCUT2D eigenvalue weighted by molar-refractivity contribution is 5.59. The fraction of sp³-hybridized carbons (Fsp3) is 0.444. The van der Waals surface area contributed by atoms with Crippen molar-refractivity contribution in [1.82, 2.24) is 0 Å². The molecule has 0 atom stereocenters. The Morgan fingerprint density at radius 3 is 2.50 bits per heavy atom. The molecule has 0 aromatic rings. The highest BCUT2D eigenvalue weighted by Crippen LogP contribution is 1.97. The molecule has 0 unspecified atom stereocenters. The van der Waals surface area contributed by atoms with E-state index >= 15 is 0 Å². The Labute approximate surface area is 63.2 Å². The first-order chi connectivity index (χ1) is 4.85. The summed E-state index contributed by atoms with van der Waals surface area (Å²) in [5.74, 6) is 0. The average Bonchev–Trinajstić information content (AvgIpc) is 1.98. The minimum absolute atomic E-state index is 0.995. The summed E-state index contributed by atoms with van der Waals surface area (Å²) in [7, 11) is 0. The molecule has 0 aliphatic rings. The van der Waals surface area contributed by atoms with Gasteiger partial charge < -0.3 is 0 Å². The van der Waals surface area contributed by atoms with Crippen LogP contribution < -0.4 is 0 Å². The van der Waals surface area contributed by atoms with Gasteiger partial charge in [-0.1, -0.05) is 19.1 Å². The van der Waals surface area contributed by atoms with Crippen LogP contribution in [0.5, 0.6) is 0 Å². The molecule has 0 saturated carbocycles. The molecule has 0 spiro atoms. The Bertz CT molecular complexity index is 152. The van der Waals surface area contributed by atoms with Gasteiger partial charge in [-0.05, 0) is 26.3 Å². The van der Waals surface area contributed by atoms with Crippen LogP contribution in [0, 0.1) is 0 Å². The molecule has 0 aliphatic heterocycles. The Morgan fingerprint density at radius 2 is 2.10 bits per heavy atom. The molecule has 0 aromatic carbocycles. The second-order valence-corrected chi connectivity index (χ2v) is 1.93. The van der Waals surface area contributed by atoms with Crippen molar-refractivity contribution in [3.05, 3.63) is 23.9 Å². The first kappa shape index (κ1) is 9.15. The zero-order valence-electron chi connectivity index (χ0n) is 6.96. The predicted octanol–water partition coefficient (Wildman–Crippen LogP) is 2.95. The van der Waals surface area contributed by atoms with E-state index < -0.39 is 0 Å². The van der Waals surface area contributed by atoms with Crippen LogP contribution in [0.1, 0.15) is 27.2 Å². The molecule has 0 fully saturated rings. The first-order valence-electron chi connectivity index (χ1n) is 3.66. The lowest BCUT2D eigenvalue weighted by Gasteiger charge is -1.88. The Kier molecular flexibility index (Phi) is 5.74. The molecule has 0 aliphatic carbocycles. The molecule has 0 heterocycles. The van der Waals surface area contributed by atoms with Crippen LogP contribution in [0.15, 0.2) is 28.9 Å². The topological polar surface area (TPSA) is 12.4 Å². The largest absolute Gasteiger partial charge is 0.262 e. The van der Waals surface area contributed by atoms with Crippen molar-refractivity contribution in [3.63, 3.8) is 0 Å². The van der Waals surface area contributed by atoms with Crippen LogP contribution in [-0.4, -0.2) is 6.21 Å². The molecule has 0 amide bonds. The van der Waals surface area contributed by atoms with Crippen LogP contribution in [0.25, 0.3) is 0 Å². The summed E-state index contributed by atoms with van der Waals surface area (Å²) < 4.78 is 0. The maximum atomic E-state index is 4.20. The lowest BCUT2D eigenvalue weighted by atomic mass is 10.4. The summed E-state index contributed by atoms with van der Waals surface area (Å²) >= 11 is 0. The van der Waals surface area contributed by atoms with Gasteiger partial charge in [-0.15, -0.1) is 0 Å². The number of rotatable bonds is 3. The number of nitrogens with zero attached hydrogens (tertiary/aromatic N) is 1. The second-order valence-electron chi connectivity index (χ2n) is 1.93. The van der Waals surface area contributed by atoms with Gasteiger partial charge in [-0.3, -0.25) is 4.99 Å². The van der Waals surface area contributed by atoms with E-state index in [1.165, 1.54) is 0 Å². The second kappa shape index (κ2) is 6.27. The Morgan fingerprint density at radius 1 is 1.40 bits per heavy atom. The third-order valence-corrected chi connectivity index (χ3v) is 1.06. The van der Waals surface area contributed by atoms with Gasteiger partial charge in [0, 0.05) is 6.21 Å². The molecule has 0 N–H and O–H groups in total. The third kappa shape index (κ3) is 4.07. The van der Waals surface area contributed by atoms with E-state index in [2.05, 4.69) is 11.9 Å². The summed E-state index contributed by atoms with van der Waals surface area (Å²) in [5, 5.41) is 0. The van der Waals surface area contributed by atoms with Crippen LogP contribution in [0.2, 0.25) is 0 Å². The van der Waals surface area contributed by atoms with E-state index in [1.807, 2.05) is 38.3 Å². The number of allylic oxidation sites excluding steroid dienone is 3. The van der Waals surface area contributed by atoms with Crippen molar-refractivity contribution < 1.29 is 0 Å². The highest BCUT2D eigenvalue weighted by atomic mass is 14.7. The van der Waals surface area contributed by atoms with E-state index in [0.717, 1.165) is 12.1 Å². The van der Waals surface area contributed by atoms with Gasteiger partial charge in [-0.25, -0.2) is 0 Å². The smallest absolute Gasteiger partial charge is 0.0579 e. The average molecular weight is 137 g/mol. The molecule has 0 radical (unpaired) electrons. The van der Waals surface area contributed by atoms with Gasteiger partial charge in [0.05, 0.1) is 5.70 Å². The Balaban J connectivity index is 3.97. The number of hydrogen-bond donors (Lipinski definition) is 0. The van der Waals surface area contributed by atoms with Gasteiger partial charge in [0.15, 0.2) is 0 Å². The maximum absolute atomic E-state index is 4.20. The van der Waals surface area contributed by atoms with Gasteiger partial charge >= 0.3 is 0 Å². The molecule has 1 heteroatoms. The SMILES string of the molecule is C/C=C\C(=C\C)N=CCC. The van der Waals surface area contributed by atoms with Gasteiger partial charge in [-0.2, -0.15) is 0 Å². The summed E-state index contributed by atoms with van der Waals surface area (Å²) in [6.07, 6.45) is 8.88. The van der Waals surface area contributed by atoms with E-state index in [-0.39, 0.29) is 0 Å². The van der Waals surface area contributed by atoms with Gasteiger partial charge in [0.2, 0.25) is 0 Å². The van der Waals surface area contributed by atoms with Crippen molar-refractivity contribution in [2.75, 3.05) is 0 Å². The van der Waals surface area contributed by atoms with Crippen molar-refractivity contribution in [3.8, 4) is 0 Å². The van der Waals surface area contributed by atoms with E-state index in [1.54, 1.807) is 0 Å². The van der Waals surface area contributed by atoms with Crippen molar-refractivity contribution >= 4 is 6.21 Å². The molecule has 0 aromatic heterocycles. The van der Waals surface area contributed by atoms with Crippen molar-refractivity contribution in [2.24, 2.45) is 4.99 Å². The molecule has 0 bridgehead atoms. The molecule has 0 rings (SSSR count). The molecular weight excluding hydrogens is 122 g/mol. The summed E-state index contributed by atoms with van der Waals surface area (Å²) in [5.41, 5.74) is 1.03. The lowest BCUT2D eigenvalue weighted by Crippen LogP contribution is -1.72. The summed E-state index contributed by atoms with van der Waals surface area (Å²) in [6.45, 7) is 6.06. The summed E-state index contributed by atoms with van der Waals surface area (Å²) in [6, 6.07) is 0. The standard InChI is InChI=1S/C9H15N/c1-4-7-9(6-3)10-8-5-2/h4,6-8H,5H2,1-3H3/b7-4-,9-6-,10-8?. The summed E-state index contributed by atoms with van der Waals surface area (Å²) in [4.78, 5) is 4.20. The molecule has 56 valence electrons. The highest BCUT2D eigenvalue weighted by Gasteiger charge is 1.79. The van der Waals surface area contributed by atoms with E-state index in [4.69, 9.17) is 0 Å². The normalized spacial score (nSPS) is 13.7. The van der Waals surface area contributed by atoms with E-state index in [9.17, 15) is 0 Å². The lowest BCUT2D eigenvalue weighted by molar-refractivity contribution is 1.28. The molecule has 0 saturated heterocycles. The minimum atomic E-state index is 0.995. The van der Waals surface area contributed by atoms with Gasteiger partial charge in [0.25, 0.3) is 0 Å². The Hall–Kier alpha value is -0.850. The maximum Gasteiger partial charge on any atom is 0.0579 e. The fourth-order valence-corrected chi connectivity index (χ4v) is 0.581.